The molecule has 1 aromatic rings. The molecule has 3 heterocycles. The van der Waals surface area contributed by atoms with Crippen LogP contribution in [0, 0.1) is 11.8 Å². The first-order chi connectivity index (χ1) is 18.5. The van der Waals surface area contributed by atoms with Gasteiger partial charge in [0.2, 0.25) is 11.8 Å². The predicted octanol–water partition coefficient (Wildman–Crippen LogP) is 2.40. The number of amides is 3. The summed E-state index contributed by atoms with van der Waals surface area (Å²) in [4.78, 5) is 60.7. The van der Waals surface area contributed by atoms with Crippen LogP contribution in [0.1, 0.15) is 63.7 Å². The fraction of sp³-hybridized carbons (Fsp3) is 0.667. The average Bonchev–Trinajstić information content (AvgIpc) is 3.48. The number of carbonyl (C=O) groups excluding carboxylic acids is 4. The lowest BCUT2D eigenvalue weighted by molar-refractivity contribution is -0.138. The minimum absolute atomic E-state index is 0.00842. The third kappa shape index (κ3) is 6.80. The lowest BCUT2D eigenvalue weighted by atomic mass is 10.0. The maximum absolute atomic E-state index is 13.8. The van der Waals surface area contributed by atoms with Crippen LogP contribution in [0.25, 0.3) is 0 Å². The second kappa shape index (κ2) is 12.5. The molecule has 9 heteroatoms. The number of hydrogen-bond donors (Lipinski definition) is 1. The summed E-state index contributed by atoms with van der Waals surface area (Å²) in [5.74, 6) is -0.0381. The van der Waals surface area contributed by atoms with E-state index < -0.39 is 12.1 Å². The van der Waals surface area contributed by atoms with E-state index in [1.165, 1.54) is 0 Å². The summed E-state index contributed by atoms with van der Waals surface area (Å²) in [5.41, 5.74) is 1.59. The number of carbonyl (C=O) groups is 4. The van der Waals surface area contributed by atoms with Crippen LogP contribution in [0.2, 0.25) is 0 Å². The van der Waals surface area contributed by atoms with E-state index in [0.29, 0.717) is 37.3 Å². The van der Waals surface area contributed by atoms with Crippen LogP contribution in [0.5, 0.6) is 0 Å². The molecule has 39 heavy (non-hydrogen) atoms. The summed E-state index contributed by atoms with van der Waals surface area (Å²) in [7, 11) is 2.12. The molecule has 3 unspecified atom stereocenters. The Hall–Kier alpha value is -2.94. The Morgan fingerprint density at radius 2 is 1.59 bits per heavy atom. The fourth-order valence-electron chi connectivity index (χ4n) is 5.97. The Kier molecular flexibility index (Phi) is 9.31. The van der Waals surface area contributed by atoms with Gasteiger partial charge < -0.3 is 24.9 Å². The van der Waals surface area contributed by atoms with Crippen molar-refractivity contribution in [2.75, 3.05) is 51.2 Å². The predicted molar refractivity (Wildman–Crippen MR) is 152 cm³/mol. The van der Waals surface area contributed by atoms with Gasteiger partial charge in [-0.2, -0.15) is 0 Å². The number of hydrogen-bond acceptors (Lipinski definition) is 6. The van der Waals surface area contributed by atoms with Crippen molar-refractivity contribution in [3.05, 3.63) is 29.8 Å². The highest BCUT2D eigenvalue weighted by molar-refractivity contribution is 6.01. The van der Waals surface area contributed by atoms with Gasteiger partial charge >= 0.3 is 0 Å². The Morgan fingerprint density at radius 1 is 0.923 bits per heavy atom. The van der Waals surface area contributed by atoms with Crippen LogP contribution in [0.3, 0.4) is 0 Å². The van der Waals surface area contributed by atoms with E-state index in [1.54, 1.807) is 9.80 Å². The first-order valence-electron chi connectivity index (χ1n) is 14.5. The first kappa shape index (κ1) is 29.1. The molecule has 9 nitrogen and oxygen atoms in total. The van der Waals surface area contributed by atoms with E-state index in [4.69, 9.17) is 0 Å². The van der Waals surface area contributed by atoms with Crippen LogP contribution in [0.15, 0.2) is 24.3 Å². The molecule has 3 amide bonds. The maximum atomic E-state index is 13.8. The van der Waals surface area contributed by atoms with Gasteiger partial charge in [0.25, 0.3) is 5.91 Å². The van der Waals surface area contributed by atoms with Gasteiger partial charge in [0, 0.05) is 50.4 Å². The number of likely N-dealkylation sites (N-methyl/N-ethyl adjacent to an activating group) is 1. The lowest BCUT2D eigenvalue weighted by Crippen LogP contribution is -2.53. The molecule has 3 fully saturated rings. The van der Waals surface area contributed by atoms with Crippen LogP contribution < -0.4 is 10.2 Å². The largest absolute Gasteiger partial charge is 0.369 e. The average molecular weight is 540 g/mol. The summed E-state index contributed by atoms with van der Waals surface area (Å²) >= 11 is 0. The molecule has 0 bridgehead atoms. The zero-order valence-electron chi connectivity index (χ0n) is 24.2. The number of nitrogens with zero attached hydrogens (tertiary/aromatic N) is 4. The van der Waals surface area contributed by atoms with Gasteiger partial charge in [-0.15, -0.1) is 0 Å². The SMILES string of the molecule is CC(C)CCC(=O)N1CC(=O)C2C1CCN2C(=O)C(CC(C)C)NC(=O)c1ccc(N2CCN(C)CC2)cc1. The van der Waals surface area contributed by atoms with Gasteiger partial charge in [-0.1, -0.05) is 27.7 Å². The van der Waals surface area contributed by atoms with Gasteiger partial charge in [0.15, 0.2) is 5.78 Å². The van der Waals surface area contributed by atoms with Crippen molar-refractivity contribution >= 4 is 29.2 Å². The number of Topliss-reactive ketones (excluding diaryl/α,β-unsaturated/α-hetero) is 1. The van der Waals surface area contributed by atoms with Gasteiger partial charge in [-0.05, 0) is 62.4 Å². The van der Waals surface area contributed by atoms with Crippen molar-refractivity contribution in [1.29, 1.82) is 0 Å². The molecular weight excluding hydrogens is 494 g/mol. The summed E-state index contributed by atoms with van der Waals surface area (Å²) < 4.78 is 0. The summed E-state index contributed by atoms with van der Waals surface area (Å²) in [6.45, 7) is 12.6. The number of nitrogens with one attached hydrogen (secondary N) is 1. The summed E-state index contributed by atoms with van der Waals surface area (Å²) in [5, 5.41) is 2.97. The van der Waals surface area contributed by atoms with Crippen molar-refractivity contribution in [2.45, 2.75) is 71.5 Å². The molecule has 4 rings (SSSR count). The quantitative estimate of drug-likeness (QED) is 0.518. The zero-order chi connectivity index (χ0) is 28.3. The lowest BCUT2D eigenvalue weighted by Gasteiger charge is -2.34. The molecule has 0 saturated carbocycles. The molecule has 3 saturated heterocycles. The monoisotopic (exact) mass is 539 g/mol. The van der Waals surface area contributed by atoms with Crippen molar-refractivity contribution in [3.63, 3.8) is 0 Å². The Balaban J connectivity index is 1.42. The normalized spacial score (nSPS) is 22.5. The third-order valence-electron chi connectivity index (χ3n) is 8.27. The highest BCUT2D eigenvalue weighted by atomic mass is 16.2. The molecule has 0 spiro atoms. The summed E-state index contributed by atoms with van der Waals surface area (Å²) in [6, 6.07) is 5.94. The van der Waals surface area contributed by atoms with E-state index in [9.17, 15) is 19.2 Å². The Morgan fingerprint density at radius 3 is 2.21 bits per heavy atom. The molecule has 3 atom stereocenters. The van der Waals surface area contributed by atoms with E-state index in [1.807, 2.05) is 38.1 Å². The standard InChI is InChI=1S/C30H45N5O4/c1-20(2)6-11-27(37)35-19-26(36)28-25(35)12-13-34(28)30(39)24(18-21(3)4)31-29(38)22-7-9-23(10-8-22)33-16-14-32(5)15-17-33/h7-10,20-21,24-25,28H,6,11-19H2,1-5H3,(H,31,38). The number of likely N-dealkylation sites (tertiary alicyclic amines) is 2. The van der Waals surface area contributed by atoms with Gasteiger partial charge in [0.05, 0.1) is 12.6 Å². The fourth-order valence-corrected chi connectivity index (χ4v) is 5.97. The van der Waals surface area contributed by atoms with E-state index in [-0.39, 0.29) is 42.0 Å². The van der Waals surface area contributed by atoms with Gasteiger partial charge in [-0.25, -0.2) is 0 Å². The molecule has 3 aliphatic heterocycles. The zero-order valence-corrected chi connectivity index (χ0v) is 24.2. The number of benzene rings is 1. The molecule has 3 aliphatic rings. The van der Waals surface area contributed by atoms with E-state index in [2.05, 4.69) is 36.0 Å². The topological polar surface area (TPSA) is 93.3 Å². The molecule has 0 aliphatic carbocycles. The van der Waals surface area contributed by atoms with Crippen molar-refractivity contribution in [3.8, 4) is 0 Å². The number of piperazine rings is 1. The molecule has 0 radical (unpaired) electrons. The first-order valence-corrected chi connectivity index (χ1v) is 14.5. The van der Waals surface area contributed by atoms with Crippen LogP contribution >= 0.6 is 0 Å². The number of fused-ring (bicyclic) bond motifs is 1. The molecule has 214 valence electrons. The minimum atomic E-state index is -0.730. The molecule has 1 aromatic carbocycles. The van der Waals surface area contributed by atoms with E-state index >= 15 is 0 Å². The number of anilines is 1. The van der Waals surface area contributed by atoms with Crippen LogP contribution in [-0.2, 0) is 14.4 Å². The van der Waals surface area contributed by atoms with Crippen molar-refractivity contribution < 1.29 is 19.2 Å². The van der Waals surface area contributed by atoms with Crippen LogP contribution in [0.4, 0.5) is 5.69 Å². The number of rotatable bonds is 9. The van der Waals surface area contributed by atoms with Crippen molar-refractivity contribution in [2.24, 2.45) is 11.8 Å². The minimum Gasteiger partial charge on any atom is -0.369 e. The molecule has 0 aromatic heterocycles. The van der Waals surface area contributed by atoms with Crippen LogP contribution in [-0.4, -0.2) is 103 Å². The molecular formula is C30H45N5O4. The van der Waals surface area contributed by atoms with Gasteiger partial charge in [-0.3, -0.25) is 19.2 Å². The van der Waals surface area contributed by atoms with Crippen molar-refractivity contribution in [1.82, 2.24) is 20.0 Å². The Bertz CT molecular complexity index is 1050. The number of ketones is 1. The second-order valence-electron chi connectivity index (χ2n) is 12.2. The summed E-state index contributed by atoms with van der Waals surface area (Å²) in [6.07, 6.45) is 2.26. The maximum Gasteiger partial charge on any atom is 0.251 e. The second-order valence-corrected chi connectivity index (χ2v) is 12.2. The highest BCUT2D eigenvalue weighted by Crippen LogP contribution is 2.31. The van der Waals surface area contributed by atoms with E-state index in [0.717, 1.165) is 38.3 Å². The Labute approximate surface area is 232 Å². The van der Waals surface area contributed by atoms with Gasteiger partial charge in [0.1, 0.15) is 12.1 Å². The highest BCUT2D eigenvalue weighted by Gasteiger charge is 2.52. The molecule has 1 N–H and O–H groups in total. The third-order valence-corrected chi connectivity index (χ3v) is 8.27. The smallest absolute Gasteiger partial charge is 0.251 e.